The van der Waals surface area contributed by atoms with Crippen LogP contribution in [0.1, 0.15) is 15.3 Å². The summed E-state index contributed by atoms with van der Waals surface area (Å²) in [6.07, 6.45) is 0. The Morgan fingerprint density at radius 3 is 2.81 bits per heavy atom. The van der Waals surface area contributed by atoms with E-state index in [1.807, 2.05) is 30.3 Å². The van der Waals surface area contributed by atoms with Crippen LogP contribution in [0.3, 0.4) is 0 Å². The third-order valence-electron chi connectivity index (χ3n) is 3.22. The standard InChI is InChI=1S/C16H15N3S2/c1-10-6-7-12(21-10)9-18-16-13(15(17)20)8-11-4-2-3-5-14(11)19-16/h2-8H,9H2,1H3,(H2,17,20)(H,18,19). The van der Waals surface area contributed by atoms with Crippen molar-refractivity contribution in [2.24, 2.45) is 5.73 Å². The molecule has 0 unspecified atom stereocenters. The molecule has 0 aliphatic rings. The molecule has 3 aromatic rings. The van der Waals surface area contributed by atoms with Crippen molar-refractivity contribution in [2.75, 3.05) is 5.32 Å². The third kappa shape index (κ3) is 3.04. The van der Waals surface area contributed by atoms with Crippen molar-refractivity contribution in [3.63, 3.8) is 0 Å². The quantitative estimate of drug-likeness (QED) is 0.718. The van der Waals surface area contributed by atoms with Crippen LogP contribution in [0.4, 0.5) is 5.82 Å². The monoisotopic (exact) mass is 313 g/mol. The van der Waals surface area contributed by atoms with Gasteiger partial charge in [0, 0.05) is 15.1 Å². The number of benzene rings is 1. The van der Waals surface area contributed by atoms with E-state index >= 15 is 0 Å². The lowest BCUT2D eigenvalue weighted by atomic mass is 10.1. The van der Waals surface area contributed by atoms with Crippen molar-refractivity contribution in [2.45, 2.75) is 13.5 Å². The Hall–Kier alpha value is -1.98. The first-order valence-electron chi connectivity index (χ1n) is 6.62. The highest BCUT2D eigenvalue weighted by atomic mass is 32.1. The van der Waals surface area contributed by atoms with Gasteiger partial charge in [0.2, 0.25) is 0 Å². The van der Waals surface area contributed by atoms with E-state index in [2.05, 4.69) is 29.4 Å². The maximum atomic E-state index is 5.83. The number of nitrogens with zero attached hydrogens (tertiary/aromatic N) is 1. The number of para-hydroxylation sites is 1. The zero-order valence-corrected chi connectivity index (χ0v) is 13.2. The van der Waals surface area contributed by atoms with E-state index in [0.29, 0.717) is 4.99 Å². The Morgan fingerprint density at radius 1 is 1.29 bits per heavy atom. The van der Waals surface area contributed by atoms with Crippen molar-refractivity contribution in [1.82, 2.24) is 4.98 Å². The Morgan fingerprint density at radius 2 is 2.10 bits per heavy atom. The van der Waals surface area contributed by atoms with Crippen LogP contribution in [-0.4, -0.2) is 9.97 Å². The SMILES string of the molecule is Cc1ccc(CNc2nc3ccccc3cc2C(N)=S)s1. The van der Waals surface area contributed by atoms with Gasteiger partial charge in [-0.3, -0.25) is 0 Å². The number of nitrogens with two attached hydrogens (primary N) is 1. The smallest absolute Gasteiger partial charge is 0.137 e. The van der Waals surface area contributed by atoms with Gasteiger partial charge in [-0.1, -0.05) is 30.4 Å². The predicted molar refractivity (Wildman–Crippen MR) is 94.0 cm³/mol. The number of rotatable bonds is 4. The van der Waals surface area contributed by atoms with Gasteiger partial charge in [0.15, 0.2) is 0 Å². The Labute approximate surface area is 132 Å². The fourth-order valence-electron chi connectivity index (χ4n) is 2.19. The number of hydrogen-bond donors (Lipinski definition) is 2. The van der Waals surface area contributed by atoms with E-state index in [-0.39, 0.29) is 0 Å². The van der Waals surface area contributed by atoms with Crippen LogP contribution in [-0.2, 0) is 6.54 Å². The number of hydrogen-bond acceptors (Lipinski definition) is 4. The summed E-state index contributed by atoms with van der Waals surface area (Å²) in [5, 5.41) is 4.39. The molecular formula is C16H15N3S2. The van der Waals surface area contributed by atoms with Gasteiger partial charge in [-0.05, 0) is 31.2 Å². The Bertz CT molecular complexity index is 808. The van der Waals surface area contributed by atoms with Crippen LogP contribution >= 0.6 is 23.6 Å². The normalized spacial score (nSPS) is 10.7. The van der Waals surface area contributed by atoms with E-state index in [1.165, 1.54) is 9.75 Å². The summed E-state index contributed by atoms with van der Waals surface area (Å²) in [4.78, 5) is 7.56. The highest BCUT2D eigenvalue weighted by Crippen LogP contribution is 2.22. The highest BCUT2D eigenvalue weighted by molar-refractivity contribution is 7.80. The average molecular weight is 313 g/mol. The van der Waals surface area contributed by atoms with Crippen molar-refractivity contribution < 1.29 is 0 Å². The van der Waals surface area contributed by atoms with Gasteiger partial charge in [0.1, 0.15) is 10.8 Å². The molecule has 0 aliphatic heterocycles. The van der Waals surface area contributed by atoms with Crippen LogP contribution < -0.4 is 11.1 Å². The topological polar surface area (TPSA) is 50.9 Å². The van der Waals surface area contributed by atoms with Crippen LogP contribution in [0.5, 0.6) is 0 Å². The lowest BCUT2D eigenvalue weighted by Gasteiger charge is -2.11. The molecule has 3 nitrogen and oxygen atoms in total. The van der Waals surface area contributed by atoms with Crippen molar-refractivity contribution in [1.29, 1.82) is 0 Å². The van der Waals surface area contributed by atoms with Crippen molar-refractivity contribution >= 4 is 45.3 Å². The molecule has 2 aromatic heterocycles. The number of pyridine rings is 1. The first-order valence-corrected chi connectivity index (χ1v) is 7.85. The van der Waals surface area contributed by atoms with Crippen LogP contribution in [0.25, 0.3) is 10.9 Å². The molecule has 3 N–H and O–H groups in total. The van der Waals surface area contributed by atoms with Gasteiger partial charge < -0.3 is 11.1 Å². The van der Waals surface area contributed by atoms with E-state index in [4.69, 9.17) is 18.0 Å². The summed E-state index contributed by atoms with van der Waals surface area (Å²) in [7, 11) is 0. The second-order valence-electron chi connectivity index (χ2n) is 4.81. The summed E-state index contributed by atoms with van der Waals surface area (Å²) in [5.74, 6) is 0.743. The van der Waals surface area contributed by atoms with Gasteiger partial charge in [-0.25, -0.2) is 4.98 Å². The number of aryl methyl sites for hydroxylation is 1. The molecule has 1 aromatic carbocycles. The molecule has 3 rings (SSSR count). The minimum absolute atomic E-state index is 0.359. The van der Waals surface area contributed by atoms with Crippen molar-refractivity contribution in [3.8, 4) is 0 Å². The summed E-state index contributed by atoms with van der Waals surface area (Å²) in [6, 6.07) is 14.2. The minimum Gasteiger partial charge on any atom is -0.389 e. The van der Waals surface area contributed by atoms with Crippen LogP contribution in [0.15, 0.2) is 42.5 Å². The maximum Gasteiger partial charge on any atom is 0.137 e. The molecule has 21 heavy (non-hydrogen) atoms. The van der Waals surface area contributed by atoms with Crippen molar-refractivity contribution in [3.05, 3.63) is 57.8 Å². The van der Waals surface area contributed by atoms with Gasteiger partial charge in [-0.15, -0.1) is 11.3 Å². The molecule has 0 saturated carbocycles. The molecule has 0 aliphatic carbocycles. The van der Waals surface area contributed by atoms with E-state index in [1.54, 1.807) is 11.3 Å². The largest absolute Gasteiger partial charge is 0.389 e. The van der Waals surface area contributed by atoms with E-state index in [0.717, 1.165) is 28.8 Å². The summed E-state index contributed by atoms with van der Waals surface area (Å²) in [6.45, 7) is 2.82. The molecule has 106 valence electrons. The molecule has 2 heterocycles. The number of nitrogens with one attached hydrogen (secondary N) is 1. The second kappa shape index (κ2) is 5.79. The molecule has 0 atom stereocenters. The van der Waals surface area contributed by atoms with Gasteiger partial charge >= 0.3 is 0 Å². The first kappa shape index (κ1) is 14.0. The Kier molecular flexibility index (Phi) is 3.86. The van der Waals surface area contributed by atoms with Gasteiger partial charge in [-0.2, -0.15) is 0 Å². The first-order chi connectivity index (χ1) is 10.1. The molecule has 0 saturated heterocycles. The highest BCUT2D eigenvalue weighted by Gasteiger charge is 2.09. The number of fused-ring (bicyclic) bond motifs is 1. The lowest BCUT2D eigenvalue weighted by Crippen LogP contribution is -2.14. The molecule has 0 spiro atoms. The number of aromatic nitrogens is 1. The minimum atomic E-state index is 0.359. The van der Waals surface area contributed by atoms with Crippen LogP contribution in [0, 0.1) is 6.92 Å². The summed E-state index contributed by atoms with van der Waals surface area (Å²) < 4.78 is 0. The Balaban J connectivity index is 1.95. The third-order valence-corrected chi connectivity index (χ3v) is 4.44. The molecule has 0 amide bonds. The van der Waals surface area contributed by atoms with Gasteiger partial charge in [0.05, 0.1) is 17.6 Å². The van der Waals surface area contributed by atoms with Gasteiger partial charge in [0.25, 0.3) is 0 Å². The predicted octanol–water partition coefficient (Wildman–Crippen LogP) is 3.85. The second-order valence-corrected chi connectivity index (χ2v) is 6.62. The zero-order chi connectivity index (χ0) is 14.8. The number of thiocarbonyl (C=S) groups is 1. The number of thiophene rings is 1. The summed E-state index contributed by atoms with van der Waals surface area (Å²) >= 11 is 6.92. The molecular weight excluding hydrogens is 298 g/mol. The fourth-order valence-corrected chi connectivity index (χ4v) is 3.18. The summed E-state index contributed by atoms with van der Waals surface area (Å²) in [5.41, 5.74) is 7.55. The lowest BCUT2D eigenvalue weighted by molar-refractivity contribution is 1.15. The van der Waals surface area contributed by atoms with Crippen LogP contribution in [0.2, 0.25) is 0 Å². The van der Waals surface area contributed by atoms with E-state index < -0.39 is 0 Å². The molecule has 5 heteroatoms. The molecule has 0 bridgehead atoms. The molecule has 0 fully saturated rings. The maximum absolute atomic E-state index is 5.83. The van der Waals surface area contributed by atoms with E-state index in [9.17, 15) is 0 Å². The fraction of sp³-hybridized carbons (Fsp3) is 0.125. The number of anilines is 1. The molecule has 0 radical (unpaired) electrons. The zero-order valence-electron chi connectivity index (χ0n) is 11.6. The average Bonchev–Trinajstić information content (AvgIpc) is 2.89.